The summed E-state index contributed by atoms with van der Waals surface area (Å²) in [6, 6.07) is 0. The fraction of sp³-hybridized carbons (Fsp3) is 0.952. The fourth-order valence-electron chi connectivity index (χ4n) is 6.70. The number of aliphatic hydroxyl groups is 6. The molecule has 0 aromatic rings. The topological polar surface area (TPSA) is 166 Å². The van der Waals surface area contributed by atoms with Crippen LogP contribution in [0.15, 0.2) is 0 Å². The Morgan fingerprint density at radius 1 is 1.06 bits per heavy atom. The van der Waals surface area contributed by atoms with E-state index in [-0.39, 0.29) is 37.6 Å². The number of carbonyl (C=O) groups is 1. The van der Waals surface area contributed by atoms with E-state index < -0.39 is 72.1 Å². The van der Waals surface area contributed by atoms with E-state index in [1.165, 1.54) is 0 Å². The van der Waals surface area contributed by atoms with Crippen molar-refractivity contribution in [3.63, 3.8) is 0 Å². The Labute approximate surface area is 180 Å². The number of carbonyl (C=O) groups excluding carboxylic acids is 1. The normalized spacial score (nSPS) is 57.1. The Morgan fingerprint density at radius 3 is 2.39 bits per heavy atom. The summed E-state index contributed by atoms with van der Waals surface area (Å²) in [4.78, 5) is 13.1. The van der Waals surface area contributed by atoms with E-state index in [1.54, 1.807) is 6.92 Å². The minimum absolute atomic E-state index is 0.0193. The summed E-state index contributed by atoms with van der Waals surface area (Å²) in [6.45, 7) is 4.74. The van der Waals surface area contributed by atoms with Crippen molar-refractivity contribution in [3.8, 4) is 0 Å². The highest BCUT2D eigenvalue weighted by atomic mass is 16.7. The van der Waals surface area contributed by atoms with Crippen LogP contribution in [0.3, 0.4) is 0 Å². The van der Waals surface area contributed by atoms with Crippen LogP contribution >= 0.6 is 0 Å². The van der Waals surface area contributed by atoms with Gasteiger partial charge in [-0.05, 0) is 5.92 Å². The summed E-state index contributed by atoms with van der Waals surface area (Å²) in [6.07, 6.45) is -8.23. The van der Waals surface area contributed by atoms with Gasteiger partial charge in [0, 0.05) is 36.0 Å². The molecule has 2 aliphatic heterocycles. The van der Waals surface area contributed by atoms with E-state index >= 15 is 0 Å². The molecule has 4 fully saturated rings. The van der Waals surface area contributed by atoms with Crippen molar-refractivity contribution in [2.75, 3.05) is 13.2 Å². The molecular formula is C21H34O10. The second-order valence-electron chi connectivity index (χ2n) is 10.1. The standard InChI is InChI=1S/C21H34O10/c1-9-11(23)4-20-6-14(25)31-21(20,5-12(24)10(20)2)19(9,3)8-29-18-17(28)16(27)15(26)13(7-22)30-18/h9-10,12-18,22,24-28H,4-8H2,1-3H3/t9-,10-,12-,13-,14?,15-,16+,17-,18?,19-,20-,21-/m1/s1. The Bertz CT molecular complexity index is 716. The molecule has 0 aromatic carbocycles. The third kappa shape index (κ3) is 3.00. The molecule has 0 amide bonds. The van der Waals surface area contributed by atoms with Gasteiger partial charge in [-0.3, -0.25) is 4.79 Å². The first-order valence-corrected chi connectivity index (χ1v) is 10.9. The first-order valence-electron chi connectivity index (χ1n) is 10.9. The summed E-state index contributed by atoms with van der Waals surface area (Å²) >= 11 is 0. The molecule has 12 atom stereocenters. The van der Waals surface area contributed by atoms with Crippen molar-refractivity contribution >= 4 is 5.78 Å². The van der Waals surface area contributed by atoms with Gasteiger partial charge in [-0.1, -0.05) is 20.8 Å². The van der Waals surface area contributed by atoms with Crippen LogP contribution in [0.1, 0.15) is 40.0 Å². The van der Waals surface area contributed by atoms with Crippen LogP contribution in [0.4, 0.5) is 0 Å². The summed E-state index contributed by atoms with van der Waals surface area (Å²) in [5.41, 5.74) is -2.76. The van der Waals surface area contributed by atoms with Crippen molar-refractivity contribution < 1.29 is 49.6 Å². The Hall–Kier alpha value is -0.690. The fourth-order valence-corrected chi connectivity index (χ4v) is 6.70. The van der Waals surface area contributed by atoms with Crippen molar-refractivity contribution in [1.82, 2.24) is 0 Å². The Balaban J connectivity index is 1.65. The lowest BCUT2D eigenvalue weighted by Crippen LogP contribution is -2.66. The van der Waals surface area contributed by atoms with Crippen LogP contribution in [-0.4, -0.2) is 98.3 Å². The molecule has 10 heteroatoms. The van der Waals surface area contributed by atoms with E-state index in [9.17, 15) is 35.4 Å². The number of ether oxygens (including phenoxy) is 3. The predicted octanol–water partition coefficient (Wildman–Crippen LogP) is -1.72. The van der Waals surface area contributed by atoms with Crippen molar-refractivity contribution in [1.29, 1.82) is 0 Å². The number of hydrogen-bond donors (Lipinski definition) is 6. The molecule has 0 radical (unpaired) electrons. The minimum Gasteiger partial charge on any atom is -0.394 e. The van der Waals surface area contributed by atoms with Crippen molar-refractivity contribution in [2.24, 2.45) is 22.7 Å². The van der Waals surface area contributed by atoms with Gasteiger partial charge in [-0.25, -0.2) is 0 Å². The first kappa shape index (κ1) is 23.5. The van der Waals surface area contributed by atoms with Gasteiger partial charge in [-0.15, -0.1) is 0 Å². The lowest BCUT2D eigenvalue weighted by molar-refractivity contribution is -0.318. The van der Waals surface area contributed by atoms with Crippen molar-refractivity contribution in [2.45, 2.75) is 88.7 Å². The van der Waals surface area contributed by atoms with Crippen LogP contribution in [-0.2, 0) is 19.0 Å². The number of Topliss-reactive ketones (excluding diaryl/α,β-unsaturated/α-hetero) is 1. The van der Waals surface area contributed by atoms with E-state index in [1.807, 2.05) is 13.8 Å². The maximum Gasteiger partial charge on any atom is 0.186 e. The molecule has 10 nitrogen and oxygen atoms in total. The summed E-state index contributed by atoms with van der Waals surface area (Å²) in [5, 5.41) is 60.9. The molecule has 6 N–H and O–H groups in total. The number of rotatable bonds is 4. The summed E-state index contributed by atoms with van der Waals surface area (Å²) < 4.78 is 17.4. The number of hydrogen-bond acceptors (Lipinski definition) is 10. The quantitative estimate of drug-likeness (QED) is 0.292. The van der Waals surface area contributed by atoms with Gasteiger partial charge in [0.05, 0.1) is 24.9 Å². The van der Waals surface area contributed by atoms with Crippen LogP contribution in [0, 0.1) is 22.7 Å². The van der Waals surface area contributed by atoms with Gasteiger partial charge < -0.3 is 44.8 Å². The smallest absolute Gasteiger partial charge is 0.186 e. The van der Waals surface area contributed by atoms with E-state index in [0.29, 0.717) is 0 Å². The van der Waals surface area contributed by atoms with Crippen LogP contribution in [0.5, 0.6) is 0 Å². The number of ketones is 1. The third-order valence-electron chi connectivity index (χ3n) is 8.87. The largest absolute Gasteiger partial charge is 0.394 e. The van der Waals surface area contributed by atoms with Crippen LogP contribution in [0.2, 0.25) is 0 Å². The molecule has 178 valence electrons. The molecule has 2 aliphatic carbocycles. The third-order valence-corrected chi connectivity index (χ3v) is 8.87. The molecule has 0 aromatic heterocycles. The highest BCUT2D eigenvalue weighted by molar-refractivity contribution is 5.84. The zero-order valence-corrected chi connectivity index (χ0v) is 18.0. The van der Waals surface area contributed by atoms with Gasteiger partial charge >= 0.3 is 0 Å². The predicted molar refractivity (Wildman–Crippen MR) is 103 cm³/mol. The molecule has 0 spiro atoms. The van der Waals surface area contributed by atoms with Gasteiger partial charge in [-0.2, -0.15) is 0 Å². The minimum atomic E-state index is -1.58. The highest BCUT2D eigenvalue weighted by Crippen LogP contribution is 2.71. The molecular weight excluding hydrogens is 412 g/mol. The first-order chi connectivity index (χ1) is 14.4. The average molecular weight is 446 g/mol. The maximum absolute atomic E-state index is 13.1. The lowest BCUT2D eigenvalue weighted by Gasteiger charge is -2.58. The lowest BCUT2D eigenvalue weighted by atomic mass is 9.48. The van der Waals surface area contributed by atoms with Crippen LogP contribution in [0.25, 0.3) is 0 Å². The monoisotopic (exact) mass is 446 g/mol. The van der Waals surface area contributed by atoms with E-state index in [0.717, 1.165) is 0 Å². The highest BCUT2D eigenvalue weighted by Gasteiger charge is 2.77. The van der Waals surface area contributed by atoms with Gasteiger partial charge in [0.15, 0.2) is 12.6 Å². The van der Waals surface area contributed by atoms with Crippen LogP contribution < -0.4 is 0 Å². The second-order valence-corrected chi connectivity index (χ2v) is 10.1. The molecule has 2 saturated heterocycles. The molecule has 4 aliphatic rings. The van der Waals surface area contributed by atoms with Gasteiger partial charge in [0.25, 0.3) is 0 Å². The SMILES string of the molecule is C[C@@H]1[C@H](O)C[C@]23OC(O)C[C@]12CC(=O)[C@@H](C)[C@@]3(C)COC1O[C@H](CO)[C@@H](O)[C@H](O)[C@H]1O. The molecule has 31 heavy (non-hydrogen) atoms. The zero-order chi connectivity index (χ0) is 22.9. The van der Waals surface area contributed by atoms with E-state index in [4.69, 9.17) is 14.2 Å². The molecule has 4 rings (SSSR count). The zero-order valence-electron chi connectivity index (χ0n) is 18.0. The molecule has 2 unspecified atom stereocenters. The summed E-state index contributed by atoms with van der Waals surface area (Å²) in [5.74, 6) is -0.824. The molecule has 2 saturated carbocycles. The Kier molecular flexibility index (Phi) is 5.81. The average Bonchev–Trinajstić information content (AvgIpc) is 3.12. The van der Waals surface area contributed by atoms with Gasteiger partial charge in [0.1, 0.15) is 30.2 Å². The molecule has 0 bridgehead atoms. The Morgan fingerprint density at radius 2 is 1.74 bits per heavy atom. The molecule has 2 heterocycles. The summed E-state index contributed by atoms with van der Waals surface area (Å²) in [7, 11) is 0. The number of aliphatic hydroxyl groups excluding tert-OH is 6. The van der Waals surface area contributed by atoms with Gasteiger partial charge in [0.2, 0.25) is 0 Å². The maximum atomic E-state index is 13.1. The van der Waals surface area contributed by atoms with E-state index in [2.05, 4.69) is 0 Å². The second kappa shape index (κ2) is 7.68. The van der Waals surface area contributed by atoms with Crippen molar-refractivity contribution in [3.05, 3.63) is 0 Å².